The van der Waals surface area contributed by atoms with Gasteiger partial charge < -0.3 is 15.0 Å². The SMILES string of the molecule is CC(COCc1nn2c(c1Cl)CN(c1ccc(C#N)cn1)CC2)Nc1cn[nH]c(=O)c1C(F)(F)F. The van der Waals surface area contributed by atoms with Crippen LogP contribution in [0.2, 0.25) is 5.02 Å². The van der Waals surface area contributed by atoms with Crippen molar-refractivity contribution in [3.63, 3.8) is 0 Å². The van der Waals surface area contributed by atoms with Gasteiger partial charge in [0.25, 0.3) is 5.56 Å². The molecule has 4 heterocycles. The van der Waals surface area contributed by atoms with E-state index in [9.17, 15) is 18.0 Å². The molecule has 1 aliphatic heterocycles. The Hall–Kier alpha value is -3.63. The van der Waals surface area contributed by atoms with Crippen LogP contribution in [0.4, 0.5) is 24.7 Å². The molecule has 14 heteroatoms. The van der Waals surface area contributed by atoms with Crippen molar-refractivity contribution in [3.8, 4) is 6.07 Å². The molecule has 1 aliphatic rings. The van der Waals surface area contributed by atoms with E-state index < -0.39 is 29.0 Å². The smallest absolute Gasteiger partial charge is 0.378 e. The van der Waals surface area contributed by atoms with E-state index in [1.807, 2.05) is 11.0 Å². The molecule has 1 atom stereocenters. The number of alkyl halides is 3. The fourth-order valence-electron chi connectivity index (χ4n) is 3.70. The molecule has 3 aromatic rings. The number of nitrogens with zero attached hydrogens (tertiary/aromatic N) is 6. The van der Waals surface area contributed by atoms with Crippen molar-refractivity contribution in [1.82, 2.24) is 25.0 Å². The molecule has 0 saturated carbocycles. The van der Waals surface area contributed by atoms with Crippen LogP contribution in [0, 0.1) is 11.3 Å². The molecule has 35 heavy (non-hydrogen) atoms. The number of aromatic nitrogens is 5. The van der Waals surface area contributed by atoms with E-state index in [0.29, 0.717) is 35.9 Å². The van der Waals surface area contributed by atoms with Gasteiger partial charge in [0.15, 0.2) is 0 Å². The molecule has 0 aliphatic carbocycles. The fourth-order valence-corrected chi connectivity index (χ4v) is 3.95. The summed E-state index contributed by atoms with van der Waals surface area (Å²) in [5, 5.41) is 21.7. The van der Waals surface area contributed by atoms with Gasteiger partial charge in [-0.1, -0.05) is 11.6 Å². The topological polar surface area (TPSA) is 125 Å². The van der Waals surface area contributed by atoms with E-state index in [1.165, 1.54) is 6.20 Å². The average molecular weight is 509 g/mol. The van der Waals surface area contributed by atoms with Gasteiger partial charge in [0.1, 0.15) is 23.1 Å². The van der Waals surface area contributed by atoms with Gasteiger partial charge in [-0.15, -0.1) is 0 Å². The average Bonchev–Trinajstić information content (AvgIpc) is 3.13. The van der Waals surface area contributed by atoms with Crippen molar-refractivity contribution in [3.05, 3.63) is 62.4 Å². The molecule has 0 saturated heterocycles. The van der Waals surface area contributed by atoms with Gasteiger partial charge in [0.05, 0.1) is 54.5 Å². The van der Waals surface area contributed by atoms with Crippen LogP contribution in [0.5, 0.6) is 0 Å². The molecule has 0 fully saturated rings. The van der Waals surface area contributed by atoms with Crippen molar-refractivity contribution < 1.29 is 17.9 Å². The zero-order valence-electron chi connectivity index (χ0n) is 18.4. The molecule has 2 N–H and O–H groups in total. The highest BCUT2D eigenvalue weighted by Gasteiger charge is 2.37. The molecule has 3 aromatic heterocycles. The lowest BCUT2D eigenvalue weighted by Crippen LogP contribution is -2.34. The summed E-state index contributed by atoms with van der Waals surface area (Å²) in [5.74, 6) is 0.720. The first-order valence-corrected chi connectivity index (χ1v) is 10.9. The highest BCUT2D eigenvalue weighted by molar-refractivity contribution is 6.31. The Kier molecular flexibility index (Phi) is 6.95. The number of anilines is 2. The molecule has 0 bridgehead atoms. The number of hydrogen-bond donors (Lipinski definition) is 2. The molecule has 0 radical (unpaired) electrons. The van der Waals surface area contributed by atoms with Gasteiger partial charge in [-0.2, -0.15) is 28.6 Å². The van der Waals surface area contributed by atoms with E-state index in [-0.39, 0.29) is 13.2 Å². The van der Waals surface area contributed by atoms with Crippen LogP contribution in [0.15, 0.2) is 29.3 Å². The van der Waals surface area contributed by atoms with E-state index in [4.69, 9.17) is 21.6 Å². The lowest BCUT2D eigenvalue weighted by atomic mass is 10.2. The van der Waals surface area contributed by atoms with Gasteiger partial charge in [-0.25, -0.2) is 10.1 Å². The maximum Gasteiger partial charge on any atom is 0.423 e. The third-order valence-corrected chi connectivity index (χ3v) is 5.77. The zero-order valence-corrected chi connectivity index (χ0v) is 19.2. The summed E-state index contributed by atoms with van der Waals surface area (Å²) in [5.41, 5.74) is -1.32. The maximum absolute atomic E-state index is 13.2. The van der Waals surface area contributed by atoms with Crippen LogP contribution in [-0.4, -0.2) is 44.2 Å². The number of pyridine rings is 1. The first-order chi connectivity index (χ1) is 16.7. The van der Waals surface area contributed by atoms with Crippen LogP contribution in [0.3, 0.4) is 0 Å². The number of fused-ring (bicyclic) bond motifs is 1. The van der Waals surface area contributed by atoms with Crippen LogP contribution in [0.1, 0.15) is 29.4 Å². The summed E-state index contributed by atoms with van der Waals surface area (Å²) in [6.07, 6.45) is -2.41. The fraction of sp³-hybridized carbons (Fsp3) is 0.381. The Labute approximate surface area is 202 Å². The molecule has 10 nitrogen and oxygen atoms in total. The van der Waals surface area contributed by atoms with E-state index in [0.717, 1.165) is 17.7 Å². The Morgan fingerprint density at radius 1 is 1.34 bits per heavy atom. The monoisotopic (exact) mass is 508 g/mol. The van der Waals surface area contributed by atoms with Crippen LogP contribution >= 0.6 is 11.6 Å². The summed E-state index contributed by atoms with van der Waals surface area (Å²) in [6, 6.07) is 4.95. The first kappa shape index (κ1) is 24.5. The number of ether oxygens (including phenoxy) is 1. The molecule has 0 spiro atoms. The lowest BCUT2D eigenvalue weighted by molar-refractivity contribution is -0.138. The summed E-state index contributed by atoms with van der Waals surface area (Å²) in [6.45, 7) is 3.40. The van der Waals surface area contributed by atoms with Crippen LogP contribution in [-0.2, 0) is 30.6 Å². The molecule has 184 valence electrons. The normalized spacial score (nSPS) is 14.3. The molecule has 0 amide bonds. The maximum atomic E-state index is 13.2. The summed E-state index contributed by atoms with van der Waals surface area (Å²) in [7, 11) is 0. The number of nitrogens with one attached hydrogen (secondary N) is 2. The van der Waals surface area contributed by atoms with Gasteiger partial charge in [0, 0.05) is 18.8 Å². The largest absolute Gasteiger partial charge is 0.423 e. The van der Waals surface area contributed by atoms with Crippen molar-refractivity contribution in [2.75, 3.05) is 23.4 Å². The number of H-pyrrole nitrogens is 1. The summed E-state index contributed by atoms with van der Waals surface area (Å²) in [4.78, 5) is 17.9. The Bertz CT molecular complexity index is 1300. The molecular formula is C21H20ClF3N8O2. The van der Waals surface area contributed by atoms with Crippen LogP contribution in [0.25, 0.3) is 0 Å². The zero-order chi connectivity index (χ0) is 25.2. The lowest BCUT2D eigenvalue weighted by Gasteiger charge is -2.28. The second-order valence-electron chi connectivity index (χ2n) is 7.92. The van der Waals surface area contributed by atoms with Crippen molar-refractivity contribution in [1.29, 1.82) is 5.26 Å². The van der Waals surface area contributed by atoms with E-state index in [1.54, 1.807) is 28.8 Å². The summed E-state index contributed by atoms with van der Waals surface area (Å²) < 4.78 is 47.0. The number of nitriles is 1. The van der Waals surface area contributed by atoms with Crippen molar-refractivity contribution in [2.45, 2.75) is 38.8 Å². The number of hydrogen-bond acceptors (Lipinski definition) is 8. The predicted molar refractivity (Wildman–Crippen MR) is 120 cm³/mol. The first-order valence-electron chi connectivity index (χ1n) is 10.5. The molecular weight excluding hydrogens is 489 g/mol. The summed E-state index contributed by atoms with van der Waals surface area (Å²) >= 11 is 6.54. The number of halogens is 4. The van der Waals surface area contributed by atoms with Gasteiger partial charge >= 0.3 is 6.18 Å². The number of rotatable bonds is 7. The van der Waals surface area contributed by atoms with Gasteiger partial charge in [-0.05, 0) is 19.1 Å². The van der Waals surface area contributed by atoms with Crippen LogP contribution < -0.4 is 15.8 Å². The predicted octanol–water partition coefficient (Wildman–Crippen LogP) is 2.94. The highest BCUT2D eigenvalue weighted by atomic mass is 35.5. The Morgan fingerprint density at radius 2 is 2.14 bits per heavy atom. The minimum absolute atomic E-state index is 0.0317. The van der Waals surface area contributed by atoms with Crippen molar-refractivity contribution in [2.24, 2.45) is 0 Å². The standard InChI is InChI=1S/C21H20ClF3N8O2/c1-12(29-14-8-28-30-20(34)18(14)21(23,24)25)10-35-11-15-19(22)16-9-32(4-5-33(16)31-15)17-3-2-13(6-26)7-27-17/h2-3,7-8,12H,4-5,9-11H2,1H3,(H2,29,30,34). The molecule has 0 aromatic carbocycles. The molecule has 4 rings (SSSR count). The quantitative estimate of drug-likeness (QED) is 0.499. The van der Waals surface area contributed by atoms with Gasteiger partial charge in [0.2, 0.25) is 0 Å². The second-order valence-corrected chi connectivity index (χ2v) is 8.29. The van der Waals surface area contributed by atoms with E-state index >= 15 is 0 Å². The minimum atomic E-state index is -4.83. The second kappa shape index (κ2) is 9.93. The third-order valence-electron chi connectivity index (χ3n) is 5.33. The van der Waals surface area contributed by atoms with E-state index in [2.05, 4.69) is 20.5 Å². The minimum Gasteiger partial charge on any atom is -0.378 e. The van der Waals surface area contributed by atoms with Crippen molar-refractivity contribution >= 4 is 23.1 Å². The van der Waals surface area contributed by atoms with Gasteiger partial charge in [-0.3, -0.25) is 9.48 Å². The third kappa shape index (κ3) is 5.39. The Morgan fingerprint density at radius 3 is 2.83 bits per heavy atom. The highest BCUT2D eigenvalue weighted by Crippen LogP contribution is 2.32. The number of aromatic amines is 1. The Balaban J connectivity index is 1.37. The molecule has 1 unspecified atom stereocenters.